The van der Waals surface area contributed by atoms with Gasteiger partial charge in [0, 0.05) is 38.2 Å². The SMILES string of the molecule is C=C1Oc2ccccc2-c2nc(-n3c4ccccc4c4ccc5c(ccc6c5c5ccccc5n6-c5ccccc5)c43)nc(/C=C\C)c21. The molecule has 1 aliphatic heterocycles. The van der Waals surface area contributed by atoms with E-state index >= 15 is 0 Å². The number of fused-ring (bicyclic) bond motifs is 12. The summed E-state index contributed by atoms with van der Waals surface area (Å²) in [7, 11) is 0. The summed E-state index contributed by atoms with van der Waals surface area (Å²) in [4.78, 5) is 10.6. The topological polar surface area (TPSA) is 44.9 Å². The van der Waals surface area contributed by atoms with Gasteiger partial charge in [-0.1, -0.05) is 97.6 Å². The lowest BCUT2D eigenvalue weighted by atomic mass is 9.99. The minimum atomic E-state index is 0.549. The van der Waals surface area contributed by atoms with E-state index in [2.05, 4.69) is 125 Å². The fourth-order valence-electron chi connectivity index (χ4n) is 7.64. The van der Waals surface area contributed by atoms with Crippen molar-refractivity contribution in [3.8, 4) is 28.6 Å². The molecule has 9 aromatic rings. The van der Waals surface area contributed by atoms with Crippen molar-refractivity contribution in [2.24, 2.45) is 0 Å². The molecule has 226 valence electrons. The molecular weight excluding hydrogens is 589 g/mol. The summed E-state index contributed by atoms with van der Waals surface area (Å²) in [5.74, 6) is 1.90. The lowest BCUT2D eigenvalue weighted by molar-refractivity contribution is 0.511. The fourth-order valence-corrected chi connectivity index (χ4v) is 7.64. The summed E-state index contributed by atoms with van der Waals surface area (Å²) in [5, 5.41) is 7.10. The Kier molecular flexibility index (Phi) is 5.58. The monoisotopic (exact) mass is 616 g/mol. The molecule has 10 rings (SSSR count). The van der Waals surface area contributed by atoms with Crippen molar-refractivity contribution >= 4 is 66.2 Å². The summed E-state index contributed by atoms with van der Waals surface area (Å²) >= 11 is 0. The molecule has 0 saturated carbocycles. The minimum absolute atomic E-state index is 0.549. The first-order valence-corrected chi connectivity index (χ1v) is 16.2. The van der Waals surface area contributed by atoms with Gasteiger partial charge in [-0.2, -0.15) is 0 Å². The van der Waals surface area contributed by atoms with Crippen LogP contribution in [-0.4, -0.2) is 19.1 Å². The lowest BCUT2D eigenvalue weighted by Crippen LogP contribution is -2.12. The molecular formula is C43H28N4O. The highest BCUT2D eigenvalue weighted by Crippen LogP contribution is 2.44. The van der Waals surface area contributed by atoms with Gasteiger partial charge in [0.1, 0.15) is 11.5 Å². The van der Waals surface area contributed by atoms with E-state index in [4.69, 9.17) is 14.7 Å². The second kappa shape index (κ2) is 10.0. The van der Waals surface area contributed by atoms with E-state index in [-0.39, 0.29) is 0 Å². The van der Waals surface area contributed by atoms with E-state index in [0.29, 0.717) is 11.7 Å². The molecule has 0 radical (unpaired) electrons. The molecule has 5 nitrogen and oxygen atoms in total. The molecule has 1 aliphatic rings. The van der Waals surface area contributed by atoms with Crippen molar-refractivity contribution in [2.75, 3.05) is 0 Å². The van der Waals surface area contributed by atoms with E-state index in [1.54, 1.807) is 0 Å². The van der Waals surface area contributed by atoms with Crippen LogP contribution < -0.4 is 4.74 Å². The van der Waals surface area contributed by atoms with Gasteiger partial charge in [-0.3, -0.25) is 4.57 Å². The standard InChI is InChI=1S/C43H28N4O/c1-3-13-34-39-26(2)48-38-21-12-9-18-33(38)41(39)45-43(44-34)47-35-19-10-7-16-28(35)30-23-22-29-31(42(30)47)24-25-37-40(29)32-17-8-11-20-36(32)46(37)27-14-5-4-6-15-27/h3-25H,2H2,1H3/b13-3-. The van der Waals surface area contributed by atoms with Crippen LogP contribution in [0, 0.1) is 0 Å². The van der Waals surface area contributed by atoms with Crippen LogP contribution in [-0.2, 0) is 0 Å². The number of aromatic nitrogens is 4. The van der Waals surface area contributed by atoms with Gasteiger partial charge in [0.25, 0.3) is 0 Å². The predicted octanol–water partition coefficient (Wildman–Crippen LogP) is 10.9. The van der Waals surface area contributed by atoms with Crippen molar-refractivity contribution in [1.29, 1.82) is 0 Å². The Morgan fingerprint density at radius 3 is 2.10 bits per heavy atom. The molecule has 6 aromatic carbocycles. The Bertz CT molecular complexity index is 2840. The van der Waals surface area contributed by atoms with Crippen LogP contribution in [0.3, 0.4) is 0 Å². The third kappa shape index (κ3) is 3.61. The van der Waals surface area contributed by atoms with Crippen LogP contribution in [0.25, 0.3) is 89.1 Å². The molecule has 0 amide bonds. The van der Waals surface area contributed by atoms with Crippen LogP contribution >= 0.6 is 0 Å². The third-order valence-corrected chi connectivity index (χ3v) is 9.58. The smallest absolute Gasteiger partial charge is 0.235 e. The highest BCUT2D eigenvalue weighted by atomic mass is 16.5. The van der Waals surface area contributed by atoms with Crippen molar-refractivity contribution in [1.82, 2.24) is 19.1 Å². The quantitative estimate of drug-likeness (QED) is 0.198. The van der Waals surface area contributed by atoms with E-state index in [0.717, 1.165) is 61.1 Å². The van der Waals surface area contributed by atoms with Gasteiger partial charge in [-0.25, -0.2) is 9.97 Å². The van der Waals surface area contributed by atoms with Crippen molar-refractivity contribution < 1.29 is 4.74 Å². The van der Waals surface area contributed by atoms with Gasteiger partial charge in [0.05, 0.1) is 39.0 Å². The molecule has 0 fully saturated rings. The molecule has 0 bridgehead atoms. The second-order valence-corrected chi connectivity index (χ2v) is 12.2. The maximum absolute atomic E-state index is 6.17. The average molecular weight is 617 g/mol. The van der Waals surface area contributed by atoms with Crippen LogP contribution in [0.4, 0.5) is 0 Å². The zero-order valence-electron chi connectivity index (χ0n) is 26.2. The van der Waals surface area contributed by atoms with E-state index in [1.165, 1.54) is 27.2 Å². The first kappa shape index (κ1) is 26.7. The number of nitrogens with zero attached hydrogens (tertiary/aromatic N) is 4. The van der Waals surface area contributed by atoms with Gasteiger partial charge >= 0.3 is 0 Å². The summed E-state index contributed by atoms with van der Waals surface area (Å²) < 4.78 is 10.8. The van der Waals surface area contributed by atoms with Crippen LogP contribution in [0.5, 0.6) is 5.75 Å². The summed E-state index contributed by atoms with van der Waals surface area (Å²) in [6.45, 7) is 6.26. The normalized spacial score (nSPS) is 12.8. The maximum Gasteiger partial charge on any atom is 0.235 e. The molecule has 0 atom stereocenters. The van der Waals surface area contributed by atoms with E-state index < -0.39 is 0 Å². The molecule has 0 unspecified atom stereocenters. The van der Waals surface area contributed by atoms with Crippen molar-refractivity contribution in [3.63, 3.8) is 0 Å². The molecule has 5 heteroatoms. The lowest BCUT2D eigenvalue weighted by Gasteiger charge is -2.23. The Balaban J connectivity index is 1.36. The molecule has 0 saturated heterocycles. The number of para-hydroxylation sites is 4. The van der Waals surface area contributed by atoms with Gasteiger partial charge in [0.2, 0.25) is 5.95 Å². The van der Waals surface area contributed by atoms with E-state index in [9.17, 15) is 0 Å². The Hall–Kier alpha value is -6.46. The van der Waals surface area contributed by atoms with Crippen LogP contribution in [0.2, 0.25) is 0 Å². The fraction of sp³-hybridized carbons (Fsp3) is 0.0233. The summed E-state index contributed by atoms with van der Waals surface area (Å²) in [5.41, 5.74) is 8.97. The first-order chi connectivity index (χ1) is 23.7. The van der Waals surface area contributed by atoms with Crippen molar-refractivity contribution in [3.05, 3.63) is 151 Å². The summed E-state index contributed by atoms with van der Waals surface area (Å²) in [6.07, 6.45) is 4.02. The van der Waals surface area contributed by atoms with Gasteiger partial charge in [0.15, 0.2) is 0 Å². The third-order valence-electron chi connectivity index (χ3n) is 9.58. The van der Waals surface area contributed by atoms with Gasteiger partial charge in [-0.05, 0) is 60.9 Å². The number of ether oxygens (including phenoxy) is 1. The summed E-state index contributed by atoms with van der Waals surface area (Å²) in [6, 6.07) is 44.9. The highest BCUT2D eigenvalue weighted by Gasteiger charge is 2.28. The number of hydrogen-bond donors (Lipinski definition) is 0. The van der Waals surface area contributed by atoms with Crippen LogP contribution in [0.15, 0.2) is 140 Å². The number of rotatable bonds is 3. The predicted molar refractivity (Wildman–Crippen MR) is 198 cm³/mol. The van der Waals surface area contributed by atoms with Gasteiger partial charge < -0.3 is 9.30 Å². The molecule has 0 N–H and O–H groups in total. The maximum atomic E-state index is 6.17. The molecule has 48 heavy (non-hydrogen) atoms. The van der Waals surface area contributed by atoms with Crippen LogP contribution in [0.1, 0.15) is 18.2 Å². The largest absolute Gasteiger partial charge is 0.456 e. The molecule has 3 aromatic heterocycles. The number of benzene rings is 6. The highest BCUT2D eigenvalue weighted by molar-refractivity contribution is 6.27. The Morgan fingerprint density at radius 2 is 1.27 bits per heavy atom. The molecule has 0 spiro atoms. The van der Waals surface area contributed by atoms with Crippen molar-refractivity contribution in [2.45, 2.75) is 6.92 Å². The Labute approximate surface area is 276 Å². The minimum Gasteiger partial charge on any atom is -0.456 e. The average Bonchev–Trinajstić information content (AvgIpc) is 3.65. The Morgan fingerprint density at radius 1 is 0.604 bits per heavy atom. The second-order valence-electron chi connectivity index (χ2n) is 12.2. The molecule has 4 heterocycles. The van der Waals surface area contributed by atoms with E-state index in [1.807, 2.05) is 37.3 Å². The zero-order chi connectivity index (χ0) is 31.9. The van der Waals surface area contributed by atoms with Gasteiger partial charge in [-0.15, -0.1) is 0 Å². The zero-order valence-corrected chi connectivity index (χ0v) is 26.2. The number of hydrogen-bond acceptors (Lipinski definition) is 3. The number of allylic oxidation sites excluding steroid dienone is 1. The molecule has 0 aliphatic carbocycles. The first-order valence-electron chi connectivity index (χ1n) is 16.2.